The quantitative estimate of drug-likeness (QED) is 0.899. The Balaban J connectivity index is 2.83. The summed E-state index contributed by atoms with van der Waals surface area (Å²) in [5.41, 5.74) is -0.492. The Hall–Kier alpha value is -1.37. The highest BCUT2D eigenvalue weighted by molar-refractivity contribution is 6.33. The highest BCUT2D eigenvalue weighted by Gasteiger charge is 2.27. The van der Waals surface area contributed by atoms with Crippen molar-refractivity contribution in [1.29, 1.82) is 0 Å². The second-order valence-electron chi connectivity index (χ2n) is 2.90. The first-order chi connectivity index (χ1) is 7.29. The van der Waals surface area contributed by atoms with Gasteiger partial charge in [-0.2, -0.15) is 13.2 Å². The Kier molecular flexibility index (Phi) is 3.69. The summed E-state index contributed by atoms with van der Waals surface area (Å²) in [6.07, 6.45) is -4.93. The third-order valence-electron chi connectivity index (χ3n) is 1.63. The van der Waals surface area contributed by atoms with Gasteiger partial charge in [-0.1, -0.05) is 11.6 Å². The minimum atomic E-state index is -4.33. The minimum absolute atomic E-state index is 0.195. The van der Waals surface area contributed by atoms with Gasteiger partial charge in [0.2, 0.25) is 0 Å². The lowest BCUT2D eigenvalue weighted by Gasteiger charge is -2.05. The van der Waals surface area contributed by atoms with Crippen molar-refractivity contribution < 1.29 is 23.1 Å². The van der Waals surface area contributed by atoms with Gasteiger partial charge in [0, 0.05) is 6.42 Å². The number of halogens is 4. The lowest BCUT2D eigenvalue weighted by atomic mass is 10.3. The fourth-order valence-corrected chi connectivity index (χ4v) is 1.10. The molecule has 0 saturated heterocycles. The summed E-state index contributed by atoms with van der Waals surface area (Å²) >= 11 is 5.45. The largest absolute Gasteiger partial charge is 0.476 e. The summed E-state index contributed by atoms with van der Waals surface area (Å²) in [7, 11) is 0. The number of nitrogens with zero attached hydrogens (tertiary/aromatic N) is 2. The number of aryl methyl sites for hydroxylation is 1. The summed E-state index contributed by atoms with van der Waals surface area (Å²) in [4.78, 5) is 17.5. The fraction of sp³-hybridized carbons (Fsp3) is 0.375. The molecule has 0 saturated carbocycles. The first-order valence-electron chi connectivity index (χ1n) is 4.11. The van der Waals surface area contributed by atoms with Gasteiger partial charge in [-0.15, -0.1) is 0 Å². The van der Waals surface area contributed by atoms with Gasteiger partial charge in [0.05, 0.1) is 17.6 Å². The van der Waals surface area contributed by atoms with Crippen molar-refractivity contribution in [3.05, 3.63) is 22.7 Å². The second-order valence-corrected chi connectivity index (χ2v) is 3.31. The molecule has 16 heavy (non-hydrogen) atoms. The van der Waals surface area contributed by atoms with E-state index < -0.39 is 30.7 Å². The number of carboxylic acids is 1. The van der Waals surface area contributed by atoms with E-state index in [0.717, 1.165) is 6.20 Å². The Morgan fingerprint density at radius 3 is 2.62 bits per heavy atom. The molecule has 8 heteroatoms. The molecule has 0 aliphatic rings. The van der Waals surface area contributed by atoms with Gasteiger partial charge >= 0.3 is 12.1 Å². The number of carboxylic acid groups (broad SMARTS) is 1. The average Bonchev–Trinajstić information content (AvgIpc) is 2.14. The van der Waals surface area contributed by atoms with Crippen LogP contribution in [0.5, 0.6) is 0 Å². The monoisotopic (exact) mass is 254 g/mol. The van der Waals surface area contributed by atoms with Crippen LogP contribution in [0.1, 0.15) is 22.7 Å². The van der Waals surface area contributed by atoms with E-state index in [1.807, 2.05) is 0 Å². The van der Waals surface area contributed by atoms with Gasteiger partial charge in [0.25, 0.3) is 0 Å². The van der Waals surface area contributed by atoms with Crippen molar-refractivity contribution in [1.82, 2.24) is 9.97 Å². The number of hydrogen-bond acceptors (Lipinski definition) is 3. The van der Waals surface area contributed by atoms with Gasteiger partial charge in [-0.3, -0.25) is 0 Å². The molecule has 0 bridgehead atoms. The second kappa shape index (κ2) is 4.65. The van der Waals surface area contributed by atoms with E-state index in [-0.39, 0.29) is 10.8 Å². The molecule has 1 rings (SSSR count). The van der Waals surface area contributed by atoms with Crippen molar-refractivity contribution in [3.63, 3.8) is 0 Å². The lowest BCUT2D eigenvalue weighted by molar-refractivity contribution is -0.134. The van der Waals surface area contributed by atoms with E-state index in [1.165, 1.54) is 0 Å². The summed E-state index contributed by atoms with van der Waals surface area (Å²) in [6, 6.07) is 0. The molecule has 0 radical (unpaired) electrons. The van der Waals surface area contributed by atoms with Gasteiger partial charge in [0.15, 0.2) is 5.69 Å². The van der Waals surface area contributed by atoms with E-state index in [0.29, 0.717) is 0 Å². The van der Waals surface area contributed by atoms with E-state index in [2.05, 4.69) is 9.97 Å². The number of rotatable bonds is 3. The zero-order chi connectivity index (χ0) is 12.3. The molecule has 1 aromatic rings. The molecular formula is C8H6ClF3N2O2. The van der Waals surface area contributed by atoms with Crippen LogP contribution >= 0.6 is 11.6 Å². The van der Waals surface area contributed by atoms with Crippen molar-refractivity contribution >= 4 is 17.6 Å². The van der Waals surface area contributed by atoms with Crippen LogP contribution in [0, 0.1) is 0 Å². The molecule has 0 aliphatic heterocycles. The molecule has 1 aromatic heterocycles. The average molecular weight is 255 g/mol. The molecule has 0 unspecified atom stereocenters. The maximum Gasteiger partial charge on any atom is 0.389 e. The lowest BCUT2D eigenvalue weighted by Crippen LogP contribution is -2.12. The highest BCUT2D eigenvalue weighted by atomic mass is 35.5. The van der Waals surface area contributed by atoms with Crippen LogP contribution in [-0.4, -0.2) is 27.2 Å². The summed E-state index contributed by atoms with van der Waals surface area (Å²) in [5, 5.41) is 8.42. The molecule has 88 valence electrons. The van der Waals surface area contributed by atoms with Gasteiger partial charge in [0.1, 0.15) is 5.82 Å². The van der Waals surface area contributed by atoms with Crippen molar-refractivity contribution in [2.45, 2.75) is 19.0 Å². The Bertz CT molecular complexity index is 409. The molecular weight excluding hydrogens is 249 g/mol. The van der Waals surface area contributed by atoms with Crippen LogP contribution in [0.15, 0.2) is 6.20 Å². The fourth-order valence-electron chi connectivity index (χ4n) is 0.928. The Morgan fingerprint density at radius 2 is 2.12 bits per heavy atom. The summed E-state index contributed by atoms with van der Waals surface area (Å²) in [6.45, 7) is 0. The number of alkyl halides is 3. The standard InChI is InChI=1S/C8H6ClF3N2O2/c9-4-3-13-5(1-2-8(10,11)12)14-6(4)7(15)16/h3H,1-2H2,(H,15,16). The smallest absolute Gasteiger partial charge is 0.389 e. The normalized spacial score (nSPS) is 11.5. The molecule has 1 heterocycles. The van der Waals surface area contributed by atoms with Gasteiger partial charge < -0.3 is 5.11 Å². The highest BCUT2D eigenvalue weighted by Crippen LogP contribution is 2.21. The molecule has 0 atom stereocenters. The molecule has 0 amide bonds. The summed E-state index contributed by atoms with van der Waals surface area (Å²) in [5.74, 6) is -1.60. The van der Waals surface area contributed by atoms with Crippen molar-refractivity contribution in [3.8, 4) is 0 Å². The molecule has 0 fully saturated rings. The van der Waals surface area contributed by atoms with Gasteiger partial charge in [-0.05, 0) is 0 Å². The van der Waals surface area contributed by atoms with Crippen LogP contribution in [0.4, 0.5) is 13.2 Å². The maximum absolute atomic E-state index is 11.9. The zero-order valence-corrected chi connectivity index (χ0v) is 8.51. The van der Waals surface area contributed by atoms with E-state index in [1.54, 1.807) is 0 Å². The molecule has 0 aromatic carbocycles. The minimum Gasteiger partial charge on any atom is -0.476 e. The molecule has 1 N–H and O–H groups in total. The first kappa shape index (κ1) is 12.7. The van der Waals surface area contributed by atoms with Crippen molar-refractivity contribution in [2.24, 2.45) is 0 Å². The predicted octanol–water partition coefficient (Wildman–Crippen LogP) is 2.32. The predicted molar refractivity (Wildman–Crippen MR) is 48.4 cm³/mol. The number of hydrogen-bond donors (Lipinski definition) is 1. The van der Waals surface area contributed by atoms with Crippen LogP contribution in [0.3, 0.4) is 0 Å². The Labute approximate surface area is 93.1 Å². The Morgan fingerprint density at radius 1 is 1.50 bits per heavy atom. The topological polar surface area (TPSA) is 63.1 Å². The van der Waals surface area contributed by atoms with Crippen LogP contribution < -0.4 is 0 Å². The third kappa shape index (κ3) is 3.65. The number of carbonyl (C=O) groups is 1. The van der Waals surface area contributed by atoms with E-state index >= 15 is 0 Å². The van der Waals surface area contributed by atoms with Crippen LogP contribution in [-0.2, 0) is 6.42 Å². The van der Waals surface area contributed by atoms with E-state index in [4.69, 9.17) is 16.7 Å². The number of aromatic nitrogens is 2. The van der Waals surface area contributed by atoms with Crippen LogP contribution in [0.25, 0.3) is 0 Å². The maximum atomic E-state index is 11.9. The summed E-state index contributed by atoms with van der Waals surface area (Å²) < 4.78 is 35.6. The van der Waals surface area contributed by atoms with Crippen molar-refractivity contribution in [2.75, 3.05) is 0 Å². The first-order valence-corrected chi connectivity index (χ1v) is 4.49. The number of aromatic carboxylic acids is 1. The molecule has 0 aliphatic carbocycles. The van der Waals surface area contributed by atoms with E-state index in [9.17, 15) is 18.0 Å². The molecule has 4 nitrogen and oxygen atoms in total. The third-order valence-corrected chi connectivity index (χ3v) is 1.91. The van der Waals surface area contributed by atoms with Gasteiger partial charge in [-0.25, -0.2) is 14.8 Å². The zero-order valence-electron chi connectivity index (χ0n) is 7.75. The molecule has 0 spiro atoms. The van der Waals surface area contributed by atoms with Crippen LogP contribution in [0.2, 0.25) is 5.02 Å². The SMILES string of the molecule is O=C(O)c1nc(CCC(F)(F)F)ncc1Cl.